The van der Waals surface area contributed by atoms with Crippen LogP contribution in [0, 0.1) is 6.92 Å². The van der Waals surface area contributed by atoms with Gasteiger partial charge in [0.2, 0.25) is 5.88 Å². The number of aryl methyl sites for hydroxylation is 1. The summed E-state index contributed by atoms with van der Waals surface area (Å²) in [6.07, 6.45) is 9.37. The Balaban J connectivity index is 1.14. The van der Waals surface area contributed by atoms with Crippen molar-refractivity contribution < 1.29 is 9.47 Å². The number of hydrogen-bond donors (Lipinski definition) is 2. The highest BCUT2D eigenvalue weighted by molar-refractivity contribution is 5.95. The zero-order valence-corrected chi connectivity index (χ0v) is 20.3. The van der Waals surface area contributed by atoms with Gasteiger partial charge in [-0.1, -0.05) is 6.07 Å². The summed E-state index contributed by atoms with van der Waals surface area (Å²) < 4.78 is 14.2. The molecule has 10 nitrogen and oxygen atoms in total. The molecule has 2 aliphatic rings. The molecular weight excluding hydrogens is 468 g/mol. The van der Waals surface area contributed by atoms with Gasteiger partial charge >= 0.3 is 0 Å². The van der Waals surface area contributed by atoms with Crippen molar-refractivity contribution in [2.75, 3.05) is 5.32 Å². The van der Waals surface area contributed by atoms with E-state index in [1.165, 1.54) is 19.2 Å². The van der Waals surface area contributed by atoms with Gasteiger partial charge in [0.1, 0.15) is 42.4 Å². The first-order valence-corrected chi connectivity index (χ1v) is 12.6. The largest absolute Gasteiger partial charge is 0.489 e. The molecule has 2 aromatic carbocycles. The standard InChI is InChI=1S/C27H26N8O2/c1-16-9-17(7-8-22(16)37-25-12-24-29-14-32-35(24)15-31-25)34-27-26-21(28-13-30-27)3-2-4-23(26)36-20-10-18-5-6-19(11-20)33-18/h2-4,7-9,12-15,18-20,33H,5-6,10-11H2,1H3,(H,28,30,34). The van der Waals surface area contributed by atoms with E-state index in [2.05, 4.69) is 35.7 Å². The molecule has 2 aliphatic heterocycles. The molecule has 2 bridgehead atoms. The monoisotopic (exact) mass is 494 g/mol. The molecule has 186 valence electrons. The maximum Gasteiger partial charge on any atom is 0.224 e. The van der Waals surface area contributed by atoms with E-state index in [0.717, 1.165) is 40.7 Å². The third-order valence-electron chi connectivity index (χ3n) is 7.15. The second-order valence-electron chi connectivity index (χ2n) is 9.72. The molecule has 2 N–H and O–H groups in total. The Kier molecular flexibility index (Phi) is 5.32. The molecule has 7 rings (SSSR count). The van der Waals surface area contributed by atoms with Crippen molar-refractivity contribution in [1.29, 1.82) is 0 Å². The van der Waals surface area contributed by atoms with Crippen LogP contribution in [0.5, 0.6) is 17.4 Å². The fourth-order valence-corrected chi connectivity index (χ4v) is 5.41. The molecule has 3 aromatic heterocycles. The minimum absolute atomic E-state index is 0.196. The van der Waals surface area contributed by atoms with E-state index >= 15 is 0 Å². The van der Waals surface area contributed by atoms with Crippen LogP contribution in [0.15, 0.2) is 61.4 Å². The van der Waals surface area contributed by atoms with E-state index in [-0.39, 0.29) is 6.10 Å². The highest BCUT2D eigenvalue weighted by Crippen LogP contribution is 2.36. The topological polar surface area (TPSA) is 111 Å². The predicted molar refractivity (Wildman–Crippen MR) is 138 cm³/mol. The van der Waals surface area contributed by atoms with Crippen LogP contribution in [-0.2, 0) is 0 Å². The van der Waals surface area contributed by atoms with Gasteiger partial charge in [-0.05, 0) is 68.5 Å². The summed E-state index contributed by atoms with van der Waals surface area (Å²) in [5.74, 6) is 2.70. The summed E-state index contributed by atoms with van der Waals surface area (Å²) in [6, 6.07) is 14.8. The SMILES string of the molecule is Cc1cc(Nc2ncnc3cccc(OC4CC5CCC(C4)N5)c23)ccc1Oc1cc2ncnn2cn1. The molecule has 2 saturated heterocycles. The van der Waals surface area contributed by atoms with Gasteiger partial charge in [-0.2, -0.15) is 5.10 Å². The Labute approximate surface area is 213 Å². The van der Waals surface area contributed by atoms with Crippen LogP contribution >= 0.6 is 0 Å². The zero-order chi connectivity index (χ0) is 24.8. The van der Waals surface area contributed by atoms with Gasteiger partial charge < -0.3 is 20.1 Å². The fourth-order valence-electron chi connectivity index (χ4n) is 5.41. The molecule has 5 aromatic rings. The summed E-state index contributed by atoms with van der Waals surface area (Å²) in [6.45, 7) is 1.99. The van der Waals surface area contributed by atoms with Crippen molar-refractivity contribution in [3.8, 4) is 17.4 Å². The summed E-state index contributed by atoms with van der Waals surface area (Å²) in [4.78, 5) is 17.5. The molecule has 0 saturated carbocycles. The average Bonchev–Trinajstić information content (AvgIpc) is 3.51. The molecule has 2 atom stereocenters. The first kappa shape index (κ1) is 21.9. The number of rotatable bonds is 6. The number of nitrogens with one attached hydrogen (secondary N) is 2. The molecule has 5 heterocycles. The van der Waals surface area contributed by atoms with E-state index in [0.29, 0.717) is 35.2 Å². The van der Waals surface area contributed by atoms with Crippen LogP contribution in [-0.4, -0.2) is 47.7 Å². The second-order valence-corrected chi connectivity index (χ2v) is 9.72. The highest BCUT2D eigenvalue weighted by Gasteiger charge is 2.34. The lowest BCUT2D eigenvalue weighted by molar-refractivity contribution is 0.139. The molecule has 0 aliphatic carbocycles. The molecule has 0 radical (unpaired) electrons. The number of fused-ring (bicyclic) bond motifs is 4. The molecule has 2 fully saturated rings. The Morgan fingerprint density at radius 1 is 0.946 bits per heavy atom. The first-order valence-electron chi connectivity index (χ1n) is 12.6. The van der Waals surface area contributed by atoms with E-state index < -0.39 is 0 Å². The van der Waals surface area contributed by atoms with Crippen molar-refractivity contribution in [3.05, 3.63) is 67.0 Å². The summed E-state index contributed by atoms with van der Waals surface area (Å²) in [5, 5.41) is 12.1. The van der Waals surface area contributed by atoms with Crippen molar-refractivity contribution in [2.45, 2.75) is 50.8 Å². The molecule has 0 spiro atoms. The average molecular weight is 495 g/mol. The molecule has 10 heteroatoms. The van der Waals surface area contributed by atoms with E-state index in [4.69, 9.17) is 9.47 Å². The first-order chi connectivity index (χ1) is 18.2. The van der Waals surface area contributed by atoms with Crippen LogP contribution in [0.2, 0.25) is 0 Å². The lowest BCUT2D eigenvalue weighted by Gasteiger charge is -2.30. The molecule has 37 heavy (non-hydrogen) atoms. The maximum absolute atomic E-state index is 6.56. The smallest absolute Gasteiger partial charge is 0.224 e. The summed E-state index contributed by atoms with van der Waals surface area (Å²) >= 11 is 0. The van der Waals surface area contributed by atoms with E-state index in [1.54, 1.807) is 23.2 Å². The highest BCUT2D eigenvalue weighted by atomic mass is 16.5. The lowest BCUT2D eigenvalue weighted by atomic mass is 10.0. The van der Waals surface area contributed by atoms with Crippen molar-refractivity contribution >= 4 is 28.1 Å². The summed E-state index contributed by atoms with van der Waals surface area (Å²) in [7, 11) is 0. The van der Waals surface area contributed by atoms with Crippen molar-refractivity contribution in [2.24, 2.45) is 0 Å². The van der Waals surface area contributed by atoms with Crippen LogP contribution in [0.3, 0.4) is 0 Å². The van der Waals surface area contributed by atoms with Crippen LogP contribution in [0.4, 0.5) is 11.5 Å². The van der Waals surface area contributed by atoms with Gasteiger partial charge in [0.05, 0.1) is 10.9 Å². The molecular formula is C27H26N8O2. The lowest BCUT2D eigenvalue weighted by Crippen LogP contribution is -2.42. The summed E-state index contributed by atoms with van der Waals surface area (Å²) in [5.41, 5.74) is 3.36. The van der Waals surface area contributed by atoms with Gasteiger partial charge in [-0.25, -0.2) is 24.5 Å². The van der Waals surface area contributed by atoms with E-state index in [9.17, 15) is 0 Å². The Hall–Kier alpha value is -4.31. The van der Waals surface area contributed by atoms with Gasteiger partial charge in [-0.3, -0.25) is 0 Å². The van der Waals surface area contributed by atoms with Gasteiger partial charge in [-0.15, -0.1) is 0 Å². The third-order valence-corrected chi connectivity index (χ3v) is 7.15. The van der Waals surface area contributed by atoms with Crippen molar-refractivity contribution in [3.63, 3.8) is 0 Å². The number of aromatic nitrogens is 6. The minimum atomic E-state index is 0.196. The number of hydrogen-bond acceptors (Lipinski definition) is 9. The van der Waals surface area contributed by atoms with Gasteiger partial charge in [0, 0.05) is 23.8 Å². The van der Waals surface area contributed by atoms with Crippen LogP contribution in [0.1, 0.15) is 31.2 Å². The Morgan fingerprint density at radius 2 is 1.84 bits per heavy atom. The molecule has 2 unspecified atom stereocenters. The number of nitrogens with zero attached hydrogens (tertiary/aromatic N) is 6. The normalized spacial score (nSPS) is 20.8. The van der Waals surface area contributed by atoms with Gasteiger partial charge in [0.25, 0.3) is 0 Å². The fraction of sp³-hybridized carbons (Fsp3) is 0.296. The van der Waals surface area contributed by atoms with E-state index in [1.807, 2.05) is 43.3 Å². The van der Waals surface area contributed by atoms with Crippen LogP contribution < -0.4 is 20.1 Å². The van der Waals surface area contributed by atoms with Crippen LogP contribution in [0.25, 0.3) is 16.6 Å². The molecule has 0 amide bonds. The predicted octanol–water partition coefficient (Wildman–Crippen LogP) is 4.57. The Morgan fingerprint density at radius 3 is 2.70 bits per heavy atom. The van der Waals surface area contributed by atoms with Gasteiger partial charge in [0.15, 0.2) is 5.65 Å². The second kappa shape index (κ2) is 8.97. The third kappa shape index (κ3) is 4.29. The maximum atomic E-state index is 6.56. The number of ether oxygens (including phenoxy) is 2. The van der Waals surface area contributed by atoms with Crippen molar-refractivity contribution in [1.82, 2.24) is 34.9 Å². The Bertz CT molecular complexity index is 1590. The zero-order valence-electron chi connectivity index (χ0n) is 20.3. The quantitative estimate of drug-likeness (QED) is 0.350. The minimum Gasteiger partial charge on any atom is -0.489 e. The number of benzene rings is 2. The number of anilines is 2. The number of piperidine rings is 1.